The summed E-state index contributed by atoms with van der Waals surface area (Å²) in [5, 5.41) is 7.06. The number of piperazine rings is 1. The van der Waals surface area contributed by atoms with Crippen LogP contribution in [0.2, 0.25) is 0 Å². The van der Waals surface area contributed by atoms with E-state index in [9.17, 15) is 0 Å². The lowest BCUT2D eigenvalue weighted by atomic mass is 10.1. The minimum atomic E-state index is 0.551. The number of rotatable bonds is 3. The Bertz CT molecular complexity index is 376. The van der Waals surface area contributed by atoms with Gasteiger partial charge in [-0.1, -0.05) is 6.07 Å². The first kappa shape index (κ1) is 12.4. The normalized spacial score (nSPS) is 21.5. The molecule has 0 radical (unpaired) electrons. The summed E-state index contributed by atoms with van der Waals surface area (Å²) in [4.78, 5) is 2.38. The topological polar surface area (TPSA) is 27.3 Å². The molecule has 2 rings (SSSR count). The molecule has 0 spiro atoms. The first-order valence-corrected chi connectivity index (χ1v) is 6.38. The van der Waals surface area contributed by atoms with Crippen molar-refractivity contribution in [3.8, 4) is 0 Å². The van der Waals surface area contributed by atoms with Crippen molar-refractivity contribution in [2.75, 3.05) is 38.5 Å². The molecule has 1 aromatic carbocycles. The smallest absolute Gasteiger partial charge is 0.0369 e. The molecule has 2 N–H and O–H groups in total. The fourth-order valence-corrected chi connectivity index (χ4v) is 2.22. The molecule has 17 heavy (non-hydrogen) atoms. The van der Waals surface area contributed by atoms with Gasteiger partial charge in [0.1, 0.15) is 0 Å². The second-order valence-corrected chi connectivity index (χ2v) is 5.09. The Morgan fingerprint density at radius 1 is 1.35 bits per heavy atom. The van der Waals surface area contributed by atoms with E-state index in [1.807, 2.05) is 0 Å². The second kappa shape index (κ2) is 5.52. The molecular weight excluding hydrogens is 210 g/mol. The van der Waals surface area contributed by atoms with Crippen LogP contribution in [0.25, 0.3) is 0 Å². The van der Waals surface area contributed by atoms with E-state index >= 15 is 0 Å². The van der Waals surface area contributed by atoms with E-state index < -0.39 is 0 Å². The van der Waals surface area contributed by atoms with Gasteiger partial charge in [-0.15, -0.1) is 0 Å². The minimum absolute atomic E-state index is 0.551. The molecule has 1 aromatic rings. The maximum Gasteiger partial charge on any atom is 0.0369 e. The molecule has 3 nitrogen and oxygen atoms in total. The number of nitrogens with one attached hydrogen (secondary N) is 2. The van der Waals surface area contributed by atoms with E-state index in [0.29, 0.717) is 6.04 Å². The predicted molar refractivity (Wildman–Crippen MR) is 73.7 cm³/mol. The van der Waals surface area contributed by atoms with Gasteiger partial charge >= 0.3 is 0 Å². The maximum absolute atomic E-state index is 3.54. The molecular formula is C14H23N3. The van der Waals surface area contributed by atoms with Crippen molar-refractivity contribution in [1.29, 1.82) is 0 Å². The summed E-state index contributed by atoms with van der Waals surface area (Å²) in [6.07, 6.45) is 0. The number of hydrogen-bond donors (Lipinski definition) is 2. The number of hydrogen-bond acceptors (Lipinski definition) is 3. The van der Waals surface area contributed by atoms with Crippen LogP contribution >= 0.6 is 0 Å². The largest absolute Gasteiger partial charge is 0.383 e. The van der Waals surface area contributed by atoms with Crippen LogP contribution in [-0.4, -0.2) is 44.2 Å². The van der Waals surface area contributed by atoms with Gasteiger partial charge in [-0.2, -0.15) is 0 Å². The van der Waals surface area contributed by atoms with Crippen LogP contribution in [0.5, 0.6) is 0 Å². The van der Waals surface area contributed by atoms with Crippen LogP contribution in [0, 0.1) is 13.8 Å². The average molecular weight is 233 g/mol. The maximum atomic E-state index is 3.54. The second-order valence-electron chi connectivity index (χ2n) is 5.09. The Hall–Kier alpha value is -1.06. The van der Waals surface area contributed by atoms with E-state index in [1.165, 1.54) is 16.8 Å². The highest BCUT2D eigenvalue weighted by Gasteiger charge is 2.15. The van der Waals surface area contributed by atoms with Gasteiger partial charge in [0.2, 0.25) is 0 Å². The lowest BCUT2D eigenvalue weighted by Gasteiger charge is -2.31. The van der Waals surface area contributed by atoms with Gasteiger partial charge in [-0.25, -0.2) is 0 Å². The van der Waals surface area contributed by atoms with Gasteiger partial charge in [-0.05, 0) is 44.2 Å². The Kier molecular flexibility index (Phi) is 4.02. The lowest BCUT2D eigenvalue weighted by Crippen LogP contribution is -2.51. The van der Waals surface area contributed by atoms with Crippen molar-refractivity contribution in [3.63, 3.8) is 0 Å². The molecule has 0 aliphatic carbocycles. The molecule has 1 fully saturated rings. The molecule has 1 aliphatic rings. The molecule has 94 valence electrons. The molecule has 1 atom stereocenters. The molecule has 1 saturated heterocycles. The third kappa shape index (κ3) is 3.45. The number of likely N-dealkylation sites (N-methyl/N-ethyl adjacent to an activating group) is 1. The molecule has 3 heteroatoms. The van der Waals surface area contributed by atoms with E-state index in [1.54, 1.807) is 0 Å². The Morgan fingerprint density at radius 3 is 2.88 bits per heavy atom. The third-order valence-electron chi connectivity index (χ3n) is 3.52. The van der Waals surface area contributed by atoms with E-state index in [2.05, 4.69) is 54.6 Å². The highest BCUT2D eigenvalue weighted by molar-refractivity contribution is 5.48. The van der Waals surface area contributed by atoms with Gasteiger partial charge in [0.05, 0.1) is 0 Å². The average Bonchev–Trinajstić information content (AvgIpc) is 2.31. The zero-order valence-corrected chi connectivity index (χ0v) is 11.1. The fraction of sp³-hybridized carbons (Fsp3) is 0.571. The summed E-state index contributed by atoms with van der Waals surface area (Å²) in [6.45, 7) is 8.67. The molecule has 0 bridgehead atoms. The van der Waals surface area contributed by atoms with Crippen LogP contribution in [0.3, 0.4) is 0 Å². The zero-order chi connectivity index (χ0) is 12.3. The Labute approximate surface area is 104 Å². The molecule has 1 heterocycles. The van der Waals surface area contributed by atoms with E-state index in [0.717, 1.165) is 26.2 Å². The van der Waals surface area contributed by atoms with Crippen molar-refractivity contribution < 1.29 is 0 Å². The summed E-state index contributed by atoms with van der Waals surface area (Å²) in [6, 6.07) is 7.12. The van der Waals surface area contributed by atoms with Gasteiger partial charge in [-0.3, -0.25) is 0 Å². The summed E-state index contributed by atoms with van der Waals surface area (Å²) in [5.41, 5.74) is 3.93. The molecule has 0 aromatic heterocycles. The highest BCUT2D eigenvalue weighted by atomic mass is 15.2. The SMILES string of the molecule is Cc1ccc(NCC2CN(C)CCN2)cc1C. The first-order chi connectivity index (χ1) is 8.15. The van der Waals surface area contributed by atoms with Gasteiger partial charge in [0.25, 0.3) is 0 Å². The number of benzene rings is 1. The summed E-state index contributed by atoms with van der Waals surface area (Å²) >= 11 is 0. The van der Waals surface area contributed by atoms with Crippen LogP contribution in [0.4, 0.5) is 5.69 Å². The van der Waals surface area contributed by atoms with Crippen LogP contribution in [0.1, 0.15) is 11.1 Å². The minimum Gasteiger partial charge on any atom is -0.383 e. The molecule has 1 unspecified atom stereocenters. The van der Waals surface area contributed by atoms with Gasteiger partial charge in [0.15, 0.2) is 0 Å². The standard InChI is InChI=1S/C14H23N3/c1-11-4-5-13(8-12(11)2)16-9-14-10-17(3)7-6-15-14/h4-5,8,14-16H,6-7,9-10H2,1-3H3. The van der Waals surface area contributed by atoms with Crippen molar-refractivity contribution in [2.45, 2.75) is 19.9 Å². The fourth-order valence-electron chi connectivity index (χ4n) is 2.22. The van der Waals surface area contributed by atoms with Crippen molar-refractivity contribution in [2.24, 2.45) is 0 Å². The summed E-state index contributed by atoms with van der Waals surface area (Å²) in [7, 11) is 2.18. The Morgan fingerprint density at radius 2 is 2.18 bits per heavy atom. The quantitative estimate of drug-likeness (QED) is 0.831. The van der Waals surface area contributed by atoms with Crippen LogP contribution in [0.15, 0.2) is 18.2 Å². The van der Waals surface area contributed by atoms with E-state index in [4.69, 9.17) is 0 Å². The van der Waals surface area contributed by atoms with Crippen LogP contribution < -0.4 is 10.6 Å². The number of anilines is 1. The molecule has 0 amide bonds. The van der Waals surface area contributed by atoms with Crippen LogP contribution in [-0.2, 0) is 0 Å². The molecule has 1 aliphatic heterocycles. The lowest BCUT2D eigenvalue weighted by molar-refractivity contribution is 0.244. The summed E-state index contributed by atoms with van der Waals surface area (Å²) < 4.78 is 0. The highest BCUT2D eigenvalue weighted by Crippen LogP contribution is 2.14. The van der Waals surface area contributed by atoms with Crippen molar-refractivity contribution in [3.05, 3.63) is 29.3 Å². The Balaban J connectivity index is 1.86. The van der Waals surface area contributed by atoms with Gasteiger partial charge in [0, 0.05) is 37.9 Å². The number of nitrogens with zero attached hydrogens (tertiary/aromatic N) is 1. The van der Waals surface area contributed by atoms with E-state index in [-0.39, 0.29) is 0 Å². The monoisotopic (exact) mass is 233 g/mol. The van der Waals surface area contributed by atoms with Crippen molar-refractivity contribution in [1.82, 2.24) is 10.2 Å². The summed E-state index contributed by atoms with van der Waals surface area (Å²) in [5.74, 6) is 0. The number of aryl methyl sites for hydroxylation is 2. The van der Waals surface area contributed by atoms with Gasteiger partial charge < -0.3 is 15.5 Å². The third-order valence-corrected chi connectivity index (χ3v) is 3.52. The first-order valence-electron chi connectivity index (χ1n) is 6.38. The molecule has 0 saturated carbocycles. The predicted octanol–water partition coefficient (Wildman–Crippen LogP) is 1.62. The van der Waals surface area contributed by atoms with Crippen molar-refractivity contribution >= 4 is 5.69 Å². The zero-order valence-electron chi connectivity index (χ0n) is 11.1.